The lowest BCUT2D eigenvalue weighted by molar-refractivity contribution is 0.195. The van der Waals surface area contributed by atoms with Gasteiger partial charge < -0.3 is 10.1 Å². The lowest BCUT2D eigenvalue weighted by atomic mass is 10.1. The molecule has 0 unspecified atom stereocenters. The number of nitrogens with zero attached hydrogens (tertiary/aromatic N) is 1. The van der Waals surface area contributed by atoms with Gasteiger partial charge in [-0.3, -0.25) is 4.90 Å². The van der Waals surface area contributed by atoms with E-state index in [4.69, 9.17) is 4.74 Å². The number of fused-ring (bicyclic) bond motifs is 1. The second kappa shape index (κ2) is 6.35. The van der Waals surface area contributed by atoms with Gasteiger partial charge in [-0.05, 0) is 23.4 Å². The van der Waals surface area contributed by atoms with Crippen molar-refractivity contribution in [3.05, 3.63) is 21.9 Å². The SMILES string of the molecule is COCCNCCN1CCc2sccc2C1. The van der Waals surface area contributed by atoms with E-state index >= 15 is 0 Å². The third-order valence-electron chi connectivity index (χ3n) is 2.97. The predicted octanol–water partition coefficient (Wildman–Crippen LogP) is 1.34. The Hall–Kier alpha value is -0.420. The quantitative estimate of drug-likeness (QED) is 0.760. The summed E-state index contributed by atoms with van der Waals surface area (Å²) in [7, 11) is 1.74. The fourth-order valence-electron chi connectivity index (χ4n) is 2.03. The number of nitrogens with one attached hydrogen (secondary N) is 1. The highest BCUT2D eigenvalue weighted by Crippen LogP contribution is 2.23. The van der Waals surface area contributed by atoms with Crippen LogP contribution in [-0.4, -0.2) is 44.8 Å². The molecule has 0 aromatic carbocycles. The molecule has 1 N–H and O–H groups in total. The molecule has 0 fully saturated rings. The van der Waals surface area contributed by atoms with Gasteiger partial charge in [0.15, 0.2) is 0 Å². The molecule has 0 atom stereocenters. The normalized spacial score (nSPS) is 16.3. The monoisotopic (exact) mass is 240 g/mol. The van der Waals surface area contributed by atoms with E-state index in [2.05, 4.69) is 21.7 Å². The molecule has 0 radical (unpaired) electrons. The zero-order valence-corrected chi connectivity index (χ0v) is 10.7. The van der Waals surface area contributed by atoms with Gasteiger partial charge in [-0.15, -0.1) is 11.3 Å². The average molecular weight is 240 g/mol. The van der Waals surface area contributed by atoms with E-state index in [-0.39, 0.29) is 0 Å². The molecular weight excluding hydrogens is 220 g/mol. The smallest absolute Gasteiger partial charge is 0.0587 e. The summed E-state index contributed by atoms with van der Waals surface area (Å²) in [4.78, 5) is 4.11. The largest absolute Gasteiger partial charge is 0.383 e. The summed E-state index contributed by atoms with van der Waals surface area (Å²) in [6.45, 7) is 6.29. The summed E-state index contributed by atoms with van der Waals surface area (Å²) in [6, 6.07) is 2.27. The fraction of sp³-hybridized carbons (Fsp3) is 0.667. The van der Waals surface area contributed by atoms with Crippen molar-refractivity contribution in [3.8, 4) is 0 Å². The highest BCUT2D eigenvalue weighted by molar-refractivity contribution is 7.10. The Morgan fingerprint density at radius 1 is 1.50 bits per heavy atom. The van der Waals surface area contributed by atoms with Crippen LogP contribution in [0, 0.1) is 0 Å². The summed E-state index contributed by atoms with van der Waals surface area (Å²) in [6.07, 6.45) is 1.23. The van der Waals surface area contributed by atoms with Crippen molar-refractivity contribution in [3.63, 3.8) is 0 Å². The molecule has 0 amide bonds. The van der Waals surface area contributed by atoms with Crippen molar-refractivity contribution in [2.24, 2.45) is 0 Å². The Labute approximate surface area is 101 Å². The van der Waals surface area contributed by atoms with E-state index in [1.54, 1.807) is 12.0 Å². The molecule has 3 nitrogen and oxygen atoms in total. The molecule has 1 aromatic rings. The third-order valence-corrected chi connectivity index (χ3v) is 4.00. The van der Waals surface area contributed by atoms with Crippen LogP contribution in [-0.2, 0) is 17.7 Å². The van der Waals surface area contributed by atoms with Gasteiger partial charge in [0.05, 0.1) is 6.61 Å². The Kier molecular flexibility index (Phi) is 4.78. The minimum absolute atomic E-state index is 0.800. The Bertz CT molecular complexity index is 314. The molecule has 0 saturated carbocycles. The molecule has 2 heterocycles. The minimum Gasteiger partial charge on any atom is -0.383 e. The molecule has 16 heavy (non-hydrogen) atoms. The van der Waals surface area contributed by atoms with Crippen LogP contribution >= 0.6 is 11.3 Å². The van der Waals surface area contributed by atoms with Gasteiger partial charge in [-0.1, -0.05) is 0 Å². The number of rotatable bonds is 6. The van der Waals surface area contributed by atoms with Crippen LogP contribution < -0.4 is 5.32 Å². The van der Waals surface area contributed by atoms with E-state index in [9.17, 15) is 0 Å². The van der Waals surface area contributed by atoms with Crippen molar-refractivity contribution >= 4 is 11.3 Å². The minimum atomic E-state index is 0.800. The fourth-order valence-corrected chi connectivity index (χ4v) is 2.92. The van der Waals surface area contributed by atoms with E-state index in [1.165, 1.54) is 18.5 Å². The molecule has 1 aliphatic rings. The van der Waals surface area contributed by atoms with Crippen LogP contribution in [0.2, 0.25) is 0 Å². The summed E-state index contributed by atoms with van der Waals surface area (Å²) in [5.41, 5.74) is 1.54. The number of hydrogen-bond acceptors (Lipinski definition) is 4. The first-order chi connectivity index (χ1) is 7.90. The van der Waals surface area contributed by atoms with Crippen molar-refractivity contribution in [2.75, 3.05) is 39.9 Å². The van der Waals surface area contributed by atoms with Crippen LogP contribution in [0.3, 0.4) is 0 Å². The van der Waals surface area contributed by atoms with Gasteiger partial charge in [0, 0.05) is 44.7 Å². The average Bonchev–Trinajstić information content (AvgIpc) is 2.76. The topological polar surface area (TPSA) is 24.5 Å². The van der Waals surface area contributed by atoms with E-state index in [0.717, 1.165) is 32.8 Å². The first kappa shape index (κ1) is 12.0. The molecule has 0 bridgehead atoms. The Morgan fingerprint density at radius 2 is 2.44 bits per heavy atom. The Balaban J connectivity index is 1.65. The van der Waals surface area contributed by atoms with Crippen molar-refractivity contribution < 1.29 is 4.74 Å². The lowest BCUT2D eigenvalue weighted by Crippen LogP contribution is -2.36. The third kappa shape index (κ3) is 3.28. The summed E-state index contributed by atoms with van der Waals surface area (Å²) in [5, 5.41) is 5.60. The first-order valence-corrected chi connectivity index (χ1v) is 6.75. The first-order valence-electron chi connectivity index (χ1n) is 5.87. The van der Waals surface area contributed by atoms with Gasteiger partial charge in [-0.25, -0.2) is 0 Å². The highest BCUT2D eigenvalue weighted by atomic mass is 32.1. The van der Waals surface area contributed by atoms with Gasteiger partial charge in [0.1, 0.15) is 0 Å². The maximum atomic E-state index is 5.00. The lowest BCUT2D eigenvalue weighted by Gasteiger charge is -2.26. The van der Waals surface area contributed by atoms with E-state index in [0.29, 0.717) is 0 Å². The molecule has 0 saturated heterocycles. The van der Waals surface area contributed by atoms with Crippen LogP contribution in [0.1, 0.15) is 10.4 Å². The van der Waals surface area contributed by atoms with Gasteiger partial charge in [-0.2, -0.15) is 0 Å². The van der Waals surface area contributed by atoms with Gasteiger partial charge in [0.2, 0.25) is 0 Å². The van der Waals surface area contributed by atoms with Crippen LogP contribution in [0.15, 0.2) is 11.4 Å². The molecular formula is C12H20N2OS. The van der Waals surface area contributed by atoms with E-state index < -0.39 is 0 Å². The van der Waals surface area contributed by atoms with Gasteiger partial charge >= 0.3 is 0 Å². The second-order valence-corrected chi connectivity index (χ2v) is 5.14. The van der Waals surface area contributed by atoms with E-state index in [1.807, 2.05) is 11.3 Å². The van der Waals surface area contributed by atoms with Crippen LogP contribution in [0.5, 0.6) is 0 Å². The molecule has 4 heteroatoms. The number of ether oxygens (including phenoxy) is 1. The summed E-state index contributed by atoms with van der Waals surface area (Å²) >= 11 is 1.90. The molecule has 2 rings (SSSR count). The molecule has 0 aliphatic carbocycles. The zero-order chi connectivity index (χ0) is 11.2. The van der Waals surface area contributed by atoms with Crippen molar-refractivity contribution in [1.29, 1.82) is 0 Å². The maximum Gasteiger partial charge on any atom is 0.0587 e. The van der Waals surface area contributed by atoms with Gasteiger partial charge in [0.25, 0.3) is 0 Å². The molecule has 1 aliphatic heterocycles. The summed E-state index contributed by atoms with van der Waals surface area (Å²) in [5.74, 6) is 0. The predicted molar refractivity (Wildman–Crippen MR) is 68.0 cm³/mol. The maximum absolute atomic E-state index is 5.00. The molecule has 1 aromatic heterocycles. The van der Waals surface area contributed by atoms with Crippen LogP contribution in [0.25, 0.3) is 0 Å². The number of hydrogen-bond donors (Lipinski definition) is 1. The highest BCUT2D eigenvalue weighted by Gasteiger charge is 2.16. The number of methoxy groups -OCH3 is 1. The summed E-state index contributed by atoms with van der Waals surface area (Å²) < 4.78 is 5.00. The molecule has 90 valence electrons. The Morgan fingerprint density at radius 3 is 3.31 bits per heavy atom. The van der Waals surface area contributed by atoms with Crippen LogP contribution in [0.4, 0.5) is 0 Å². The van der Waals surface area contributed by atoms with Crippen molar-refractivity contribution in [1.82, 2.24) is 10.2 Å². The zero-order valence-electron chi connectivity index (χ0n) is 9.87. The standard InChI is InChI=1S/C12H20N2OS/c1-15-8-5-13-4-7-14-6-2-12-11(10-14)3-9-16-12/h3,9,13H,2,4-8,10H2,1H3. The molecule has 0 spiro atoms. The van der Waals surface area contributed by atoms with Crippen molar-refractivity contribution in [2.45, 2.75) is 13.0 Å². The second-order valence-electron chi connectivity index (χ2n) is 4.14. The number of thiophene rings is 1.